The Labute approximate surface area is 185 Å². The zero-order valence-corrected chi connectivity index (χ0v) is 19.9. The first-order valence-corrected chi connectivity index (χ1v) is 12.0. The van der Waals surface area contributed by atoms with Crippen LogP contribution in [0.3, 0.4) is 0 Å². The summed E-state index contributed by atoms with van der Waals surface area (Å²) < 4.78 is 28.9. The Kier molecular flexibility index (Phi) is 7.00. The van der Waals surface area contributed by atoms with Gasteiger partial charge in [0.15, 0.2) is 15.8 Å². The van der Waals surface area contributed by atoms with Crippen molar-refractivity contribution in [2.24, 2.45) is 22.7 Å². The van der Waals surface area contributed by atoms with E-state index in [-0.39, 0.29) is 35.6 Å². The molecule has 2 bridgehead atoms. The van der Waals surface area contributed by atoms with E-state index in [1.54, 1.807) is 6.26 Å². The van der Waals surface area contributed by atoms with Gasteiger partial charge in [0.25, 0.3) is 0 Å². The molecule has 2 aliphatic carbocycles. The number of furan rings is 1. The number of aliphatic imine (C=N–C) groups is 1. The Morgan fingerprint density at radius 1 is 1.32 bits per heavy atom. The molecule has 1 aromatic rings. The number of nitrogens with zero attached hydrogens (tertiary/aromatic N) is 2. The molecule has 1 aromatic heterocycles. The second-order valence-corrected chi connectivity index (χ2v) is 10.9. The van der Waals surface area contributed by atoms with Gasteiger partial charge in [-0.15, -0.1) is 24.0 Å². The highest BCUT2D eigenvalue weighted by molar-refractivity contribution is 14.0. The Morgan fingerprint density at radius 3 is 2.71 bits per heavy atom. The molecule has 4 unspecified atom stereocenters. The first-order chi connectivity index (χ1) is 12.9. The smallest absolute Gasteiger partial charge is 0.194 e. The van der Waals surface area contributed by atoms with Crippen LogP contribution >= 0.6 is 24.0 Å². The van der Waals surface area contributed by atoms with Crippen LogP contribution in [0.15, 0.2) is 21.7 Å². The number of nitrogens with one attached hydrogen (secondary N) is 1. The summed E-state index contributed by atoms with van der Waals surface area (Å²) >= 11 is 0. The number of fused-ring (bicyclic) bond motifs is 2. The molecule has 3 fully saturated rings. The number of guanidine groups is 1. The third-order valence-electron chi connectivity index (χ3n) is 6.61. The molecule has 4 rings (SSSR count). The van der Waals surface area contributed by atoms with Crippen LogP contribution in [0.1, 0.15) is 43.4 Å². The molecule has 0 radical (unpaired) electrons. The highest BCUT2D eigenvalue weighted by Crippen LogP contribution is 2.44. The van der Waals surface area contributed by atoms with Gasteiger partial charge >= 0.3 is 0 Å². The summed E-state index contributed by atoms with van der Waals surface area (Å²) in [5.41, 5.74) is 1.16. The Hall–Kier alpha value is -0.770. The number of hydrogen-bond acceptors (Lipinski definition) is 4. The van der Waals surface area contributed by atoms with Crippen LogP contribution in [0.4, 0.5) is 0 Å². The van der Waals surface area contributed by atoms with E-state index >= 15 is 0 Å². The van der Waals surface area contributed by atoms with Gasteiger partial charge in [0.05, 0.1) is 17.8 Å². The molecule has 1 aliphatic heterocycles. The predicted molar refractivity (Wildman–Crippen MR) is 122 cm³/mol. The van der Waals surface area contributed by atoms with Crippen LogP contribution in [-0.4, -0.2) is 50.4 Å². The number of aryl methyl sites for hydroxylation is 1. The summed E-state index contributed by atoms with van der Waals surface area (Å²) in [7, 11) is -0.803. The number of hydrogen-bond donors (Lipinski definition) is 1. The van der Waals surface area contributed by atoms with Gasteiger partial charge in [0, 0.05) is 31.7 Å². The highest BCUT2D eigenvalue weighted by atomic mass is 127. The van der Waals surface area contributed by atoms with E-state index in [4.69, 9.17) is 9.41 Å². The summed E-state index contributed by atoms with van der Waals surface area (Å²) in [6.07, 6.45) is 7.73. The average molecular weight is 521 g/mol. The Bertz CT molecular complexity index is 807. The minimum atomic E-state index is -2.86. The van der Waals surface area contributed by atoms with E-state index in [1.807, 2.05) is 13.0 Å². The highest BCUT2D eigenvalue weighted by Gasteiger charge is 2.40. The van der Waals surface area contributed by atoms with Gasteiger partial charge in [-0.05, 0) is 56.4 Å². The molecular formula is C20H32IN3O3S. The van der Waals surface area contributed by atoms with Crippen LogP contribution in [-0.2, 0) is 16.4 Å². The maximum Gasteiger partial charge on any atom is 0.194 e. The fraction of sp³-hybridized carbons (Fsp3) is 0.750. The third kappa shape index (κ3) is 5.04. The maximum atomic E-state index is 11.7. The monoisotopic (exact) mass is 521 g/mol. The standard InChI is InChI=1S/C20H31N3O3S.HI/c1-14-18(5-7-26-14)12-23(2)20(21-11-16-6-8-27(24,25)13-16)22-19-10-15-3-4-17(19)9-15;/h5,7,15-17,19H,3-4,6,8-13H2,1-2H3,(H,21,22);1H. The van der Waals surface area contributed by atoms with Crippen LogP contribution in [0.5, 0.6) is 0 Å². The lowest BCUT2D eigenvalue weighted by Crippen LogP contribution is -2.46. The summed E-state index contributed by atoms with van der Waals surface area (Å²) in [6, 6.07) is 2.51. The summed E-state index contributed by atoms with van der Waals surface area (Å²) in [6.45, 7) is 3.29. The van der Waals surface area contributed by atoms with E-state index < -0.39 is 9.84 Å². The molecule has 0 amide bonds. The van der Waals surface area contributed by atoms with E-state index in [0.29, 0.717) is 18.3 Å². The molecule has 1 N–H and O–H groups in total. The zero-order chi connectivity index (χ0) is 19.0. The van der Waals surface area contributed by atoms with Gasteiger partial charge in [-0.2, -0.15) is 0 Å². The number of rotatable bonds is 5. The maximum absolute atomic E-state index is 11.7. The SMILES string of the molecule is Cc1occc1CN(C)C(=NCC1CCS(=O)(=O)C1)NC1CC2CCC1C2.I. The Balaban J connectivity index is 0.00000225. The van der Waals surface area contributed by atoms with Gasteiger partial charge in [-0.1, -0.05) is 6.42 Å². The lowest BCUT2D eigenvalue weighted by atomic mass is 9.95. The number of sulfone groups is 1. The lowest BCUT2D eigenvalue weighted by Gasteiger charge is -2.29. The van der Waals surface area contributed by atoms with Crippen molar-refractivity contribution in [2.45, 2.75) is 51.6 Å². The molecule has 1 saturated heterocycles. The molecule has 8 heteroatoms. The summed E-state index contributed by atoms with van der Waals surface area (Å²) in [5.74, 6) is 4.21. The molecule has 158 valence electrons. The molecule has 0 aromatic carbocycles. The largest absolute Gasteiger partial charge is 0.469 e. The molecule has 2 heterocycles. The van der Waals surface area contributed by atoms with E-state index in [2.05, 4.69) is 17.3 Å². The average Bonchev–Trinajstić information content (AvgIpc) is 3.38. The van der Waals surface area contributed by atoms with Crippen LogP contribution < -0.4 is 5.32 Å². The number of halogens is 1. The van der Waals surface area contributed by atoms with Crippen molar-refractivity contribution in [1.29, 1.82) is 0 Å². The first-order valence-electron chi connectivity index (χ1n) is 10.1. The molecule has 2 saturated carbocycles. The van der Waals surface area contributed by atoms with Crippen molar-refractivity contribution in [3.8, 4) is 0 Å². The van der Waals surface area contributed by atoms with Crippen molar-refractivity contribution in [3.63, 3.8) is 0 Å². The zero-order valence-electron chi connectivity index (χ0n) is 16.8. The normalized spacial score (nSPS) is 31.0. The quantitative estimate of drug-likeness (QED) is 0.366. The van der Waals surface area contributed by atoms with Gasteiger partial charge in [-0.25, -0.2) is 8.42 Å². The second kappa shape index (κ2) is 8.93. The van der Waals surface area contributed by atoms with Crippen molar-refractivity contribution in [3.05, 3.63) is 23.7 Å². The molecular weight excluding hydrogens is 489 g/mol. The molecule has 4 atom stereocenters. The van der Waals surface area contributed by atoms with Crippen molar-refractivity contribution >= 4 is 39.8 Å². The third-order valence-corrected chi connectivity index (χ3v) is 8.45. The van der Waals surface area contributed by atoms with Crippen LogP contribution in [0.2, 0.25) is 0 Å². The van der Waals surface area contributed by atoms with E-state index in [9.17, 15) is 8.42 Å². The summed E-state index contributed by atoms with van der Waals surface area (Å²) in [4.78, 5) is 7.01. The van der Waals surface area contributed by atoms with Crippen molar-refractivity contribution in [1.82, 2.24) is 10.2 Å². The first kappa shape index (κ1) is 21.9. The minimum absolute atomic E-state index is 0. The van der Waals surface area contributed by atoms with Gasteiger partial charge in [0.2, 0.25) is 0 Å². The van der Waals surface area contributed by atoms with E-state index in [0.717, 1.165) is 42.1 Å². The van der Waals surface area contributed by atoms with Gasteiger partial charge in [-0.3, -0.25) is 4.99 Å². The van der Waals surface area contributed by atoms with Crippen molar-refractivity contribution < 1.29 is 12.8 Å². The molecule has 28 heavy (non-hydrogen) atoms. The molecule has 3 aliphatic rings. The second-order valence-electron chi connectivity index (χ2n) is 8.72. The molecule has 6 nitrogen and oxygen atoms in total. The summed E-state index contributed by atoms with van der Waals surface area (Å²) in [5, 5.41) is 3.72. The van der Waals surface area contributed by atoms with Crippen LogP contribution in [0, 0.1) is 24.7 Å². The van der Waals surface area contributed by atoms with Crippen molar-refractivity contribution in [2.75, 3.05) is 25.1 Å². The van der Waals surface area contributed by atoms with Gasteiger partial charge < -0.3 is 14.6 Å². The predicted octanol–water partition coefficient (Wildman–Crippen LogP) is 3.21. The fourth-order valence-electron chi connectivity index (χ4n) is 5.00. The topological polar surface area (TPSA) is 74.9 Å². The lowest BCUT2D eigenvalue weighted by molar-refractivity contribution is 0.366. The van der Waals surface area contributed by atoms with Gasteiger partial charge in [0.1, 0.15) is 5.76 Å². The molecule has 0 spiro atoms. The van der Waals surface area contributed by atoms with E-state index in [1.165, 1.54) is 25.7 Å². The minimum Gasteiger partial charge on any atom is -0.469 e. The Morgan fingerprint density at radius 2 is 2.14 bits per heavy atom. The fourth-order valence-corrected chi connectivity index (χ4v) is 6.85. The van der Waals surface area contributed by atoms with Crippen LogP contribution in [0.25, 0.3) is 0 Å².